The highest BCUT2D eigenvalue weighted by Crippen LogP contribution is 2.05. The molecule has 98 valence electrons. The van der Waals surface area contributed by atoms with Crippen LogP contribution in [-0.4, -0.2) is 18.5 Å². The van der Waals surface area contributed by atoms with Gasteiger partial charge in [-0.25, -0.2) is 9.78 Å². The third-order valence-corrected chi connectivity index (χ3v) is 3.13. The highest BCUT2D eigenvalue weighted by Gasteiger charge is 2.06. The highest BCUT2D eigenvalue weighted by molar-refractivity contribution is 5.39. The minimum atomic E-state index is 0.0268. The minimum Gasteiger partial charge on any atom is -0.307 e. The predicted octanol–water partition coefficient (Wildman–Crippen LogP) is 1.76. The van der Waals surface area contributed by atoms with Crippen LogP contribution in [0.4, 0.5) is 0 Å². The van der Waals surface area contributed by atoms with Crippen LogP contribution in [0.2, 0.25) is 0 Å². The van der Waals surface area contributed by atoms with Crippen molar-refractivity contribution < 1.29 is 0 Å². The van der Waals surface area contributed by atoms with E-state index in [1.165, 1.54) is 0 Å². The van der Waals surface area contributed by atoms with Gasteiger partial charge in [0, 0.05) is 31.3 Å². The summed E-state index contributed by atoms with van der Waals surface area (Å²) in [6.45, 7) is 3.33. The van der Waals surface area contributed by atoms with E-state index in [1.807, 2.05) is 47.4 Å². The van der Waals surface area contributed by atoms with Gasteiger partial charge < -0.3 is 4.40 Å². The Balaban J connectivity index is 1.90. The van der Waals surface area contributed by atoms with Crippen molar-refractivity contribution in [3.8, 4) is 0 Å². The minimum absolute atomic E-state index is 0.0268. The van der Waals surface area contributed by atoms with E-state index in [2.05, 4.69) is 11.9 Å². The van der Waals surface area contributed by atoms with Gasteiger partial charge in [-0.15, -0.1) is 0 Å². The Labute approximate surface area is 110 Å². The van der Waals surface area contributed by atoms with Crippen LogP contribution in [0, 0.1) is 0 Å². The number of aryl methyl sites for hydroxylation is 1. The van der Waals surface area contributed by atoms with Crippen molar-refractivity contribution >= 4 is 5.65 Å². The van der Waals surface area contributed by atoms with Crippen molar-refractivity contribution in [2.24, 2.45) is 0 Å². The Morgan fingerprint density at radius 3 is 2.79 bits per heavy atom. The normalized spacial score (nSPS) is 11.2. The lowest BCUT2D eigenvalue weighted by Gasteiger charge is -1.98. The second-order valence-corrected chi connectivity index (χ2v) is 4.60. The predicted molar refractivity (Wildman–Crippen MR) is 73.3 cm³/mol. The van der Waals surface area contributed by atoms with Crippen LogP contribution in [0.15, 0.2) is 47.8 Å². The van der Waals surface area contributed by atoms with Crippen molar-refractivity contribution in [2.75, 3.05) is 0 Å². The van der Waals surface area contributed by atoms with Gasteiger partial charge in [0.1, 0.15) is 5.65 Å². The van der Waals surface area contributed by atoms with E-state index >= 15 is 0 Å². The molecular formula is C14H16N4O. The number of hydrogen-bond donors (Lipinski definition) is 0. The van der Waals surface area contributed by atoms with E-state index in [0.29, 0.717) is 6.54 Å². The number of hydrogen-bond acceptors (Lipinski definition) is 2. The maximum atomic E-state index is 12.1. The van der Waals surface area contributed by atoms with Crippen LogP contribution in [0.5, 0.6) is 0 Å². The van der Waals surface area contributed by atoms with Gasteiger partial charge in [-0.3, -0.25) is 9.13 Å². The van der Waals surface area contributed by atoms with Crippen LogP contribution in [-0.2, 0) is 13.1 Å². The molecule has 0 saturated heterocycles. The van der Waals surface area contributed by atoms with Crippen LogP contribution in [0.1, 0.15) is 19.0 Å². The summed E-state index contributed by atoms with van der Waals surface area (Å²) in [5.41, 5.74) is 1.82. The van der Waals surface area contributed by atoms with E-state index in [1.54, 1.807) is 9.13 Å². The first kappa shape index (κ1) is 11.8. The lowest BCUT2D eigenvalue weighted by molar-refractivity contribution is 0.622. The molecule has 3 aromatic heterocycles. The number of pyridine rings is 1. The topological polar surface area (TPSA) is 44.2 Å². The van der Waals surface area contributed by atoms with Gasteiger partial charge in [-0.1, -0.05) is 13.0 Å². The summed E-state index contributed by atoms with van der Waals surface area (Å²) in [4.78, 5) is 16.6. The standard InChI is InChI=1S/C14H16N4O/c1-2-6-16-8-9-18(14(16)19)11-12-10-17-7-4-3-5-13(17)15-12/h3-5,7-10H,2,6,11H2,1H3. The first-order valence-corrected chi connectivity index (χ1v) is 6.46. The average Bonchev–Trinajstić information content (AvgIpc) is 2.96. The van der Waals surface area contributed by atoms with Gasteiger partial charge in [0.05, 0.1) is 12.2 Å². The Bertz CT molecular complexity index is 717. The first-order chi connectivity index (χ1) is 9.28. The van der Waals surface area contributed by atoms with Crippen molar-refractivity contribution in [2.45, 2.75) is 26.4 Å². The summed E-state index contributed by atoms with van der Waals surface area (Å²) in [6.07, 6.45) is 8.53. The largest absolute Gasteiger partial charge is 0.328 e. The summed E-state index contributed by atoms with van der Waals surface area (Å²) < 4.78 is 5.39. The molecule has 0 N–H and O–H groups in total. The van der Waals surface area contributed by atoms with Crippen molar-refractivity contribution in [1.82, 2.24) is 18.5 Å². The lowest BCUT2D eigenvalue weighted by Crippen LogP contribution is -2.24. The Hall–Kier alpha value is -2.30. The molecule has 0 atom stereocenters. The number of rotatable bonds is 4. The van der Waals surface area contributed by atoms with E-state index in [-0.39, 0.29) is 5.69 Å². The molecule has 0 saturated carbocycles. The van der Waals surface area contributed by atoms with Gasteiger partial charge in [-0.05, 0) is 18.6 Å². The molecule has 0 spiro atoms. The molecule has 19 heavy (non-hydrogen) atoms. The van der Waals surface area contributed by atoms with Crippen molar-refractivity contribution in [1.29, 1.82) is 0 Å². The molecule has 5 heteroatoms. The molecule has 0 unspecified atom stereocenters. The second-order valence-electron chi connectivity index (χ2n) is 4.60. The van der Waals surface area contributed by atoms with Gasteiger partial charge in [-0.2, -0.15) is 0 Å². The first-order valence-electron chi connectivity index (χ1n) is 6.46. The molecule has 3 rings (SSSR count). The summed E-state index contributed by atoms with van der Waals surface area (Å²) in [7, 11) is 0. The molecule has 0 aromatic carbocycles. The van der Waals surface area contributed by atoms with E-state index in [4.69, 9.17) is 0 Å². The fraction of sp³-hybridized carbons (Fsp3) is 0.286. The molecule has 0 aliphatic heterocycles. The summed E-state index contributed by atoms with van der Waals surface area (Å²) in [5, 5.41) is 0. The van der Waals surface area contributed by atoms with Crippen molar-refractivity contribution in [3.05, 3.63) is 59.2 Å². The maximum absolute atomic E-state index is 12.1. The third-order valence-electron chi connectivity index (χ3n) is 3.13. The van der Waals surface area contributed by atoms with Crippen LogP contribution in [0.25, 0.3) is 5.65 Å². The quantitative estimate of drug-likeness (QED) is 0.714. The Morgan fingerprint density at radius 2 is 2.00 bits per heavy atom. The van der Waals surface area contributed by atoms with Crippen molar-refractivity contribution in [3.63, 3.8) is 0 Å². The third kappa shape index (κ3) is 2.19. The Kier molecular flexibility index (Phi) is 2.95. The monoisotopic (exact) mass is 256 g/mol. The van der Waals surface area contributed by atoms with E-state index in [9.17, 15) is 4.79 Å². The fourth-order valence-electron chi connectivity index (χ4n) is 2.22. The molecule has 5 nitrogen and oxygen atoms in total. The zero-order valence-electron chi connectivity index (χ0n) is 10.9. The second kappa shape index (κ2) is 4.76. The van der Waals surface area contributed by atoms with Crippen LogP contribution >= 0.6 is 0 Å². The number of aromatic nitrogens is 4. The summed E-state index contributed by atoms with van der Waals surface area (Å²) >= 11 is 0. The SMILES string of the molecule is CCCn1ccn(Cc2cn3ccccc3n2)c1=O. The summed E-state index contributed by atoms with van der Waals surface area (Å²) in [5.74, 6) is 0. The lowest BCUT2D eigenvalue weighted by atomic mass is 10.5. The average molecular weight is 256 g/mol. The van der Waals surface area contributed by atoms with E-state index in [0.717, 1.165) is 24.3 Å². The Morgan fingerprint density at radius 1 is 1.16 bits per heavy atom. The van der Waals surface area contributed by atoms with Gasteiger partial charge in [0.15, 0.2) is 0 Å². The molecule has 0 bridgehead atoms. The number of fused-ring (bicyclic) bond motifs is 1. The van der Waals surface area contributed by atoms with Gasteiger partial charge in [0.2, 0.25) is 0 Å². The number of imidazole rings is 2. The van der Waals surface area contributed by atoms with E-state index < -0.39 is 0 Å². The molecule has 0 fully saturated rings. The molecule has 3 aromatic rings. The smallest absolute Gasteiger partial charge is 0.307 e. The number of nitrogens with zero attached hydrogens (tertiary/aromatic N) is 4. The van der Waals surface area contributed by atoms with Gasteiger partial charge >= 0.3 is 5.69 Å². The van der Waals surface area contributed by atoms with Crippen LogP contribution in [0.3, 0.4) is 0 Å². The zero-order chi connectivity index (χ0) is 13.2. The maximum Gasteiger partial charge on any atom is 0.328 e. The van der Waals surface area contributed by atoms with Crippen LogP contribution < -0.4 is 5.69 Å². The molecule has 3 heterocycles. The molecule has 0 aliphatic rings. The molecular weight excluding hydrogens is 240 g/mol. The molecule has 0 radical (unpaired) electrons. The molecule has 0 aliphatic carbocycles. The fourth-order valence-corrected chi connectivity index (χ4v) is 2.22. The molecule has 0 amide bonds. The van der Waals surface area contributed by atoms with Gasteiger partial charge in [0.25, 0.3) is 0 Å². The zero-order valence-corrected chi connectivity index (χ0v) is 10.9. The summed E-state index contributed by atoms with van der Waals surface area (Å²) in [6, 6.07) is 5.87. The highest BCUT2D eigenvalue weighted by atomic mass is 16.1.